The quantitative estimate of drug-likeness (QED) is 0.504. The van der Waals surface area contributed by atoms with Crippen molar-refractivity contribution in [2.24, 2.45) is 0 Å². The lowest BCUT2D eigenvalue weighted by Gasteiger charge is -2.19. The molecule has 0 aromatic heterocycles. The molecule has 3 amide bonds. The van der Waals surface area contributed by atoms with Crippen molar-refractivity contribution in [3.63, 3.8) is 0 Å². The summed E-state index contributed by atoms with van der Waals surface area (Å²) >= 11 is 0. The predicted molar refractivity (Wildman–Crippen MR) is 137 cm³/mol. The van der Waals surface area contributed by atoms with Crippen molar-refractivity contribution in [3.8, 4) is 0 Å². The molecule has 2 N–H and O–H groups in total. The fourth-order valence-electron chi connectivity index (χ4n) is 4.29. The van der Waals surface area contributed by atoms with Crippen LogP contribution in [-0.4, -0.2) is 36.6 Å². The summed E-state index contributed by atoms with van der Waals surface area (Å²) in [5.74, 6) is -0.996. The summed E-state index contributed by atoms with van der Waals surface area (Å²) in [4.78, 5) is 39.8. The van der Waals surface area contributed by atoms with E-state index in [1.807, 2.05) is 67.6 Å². The minimum absolute atomic E-state index is 0.0654. The zero-order valence-electron chi connectivity index (χ0n) is 19.9. The molecule has 1 aliphatic rings. The first-order valence-electron chi connectivity index (χ1n) is 11.7. The van der Waals surface area contributed by atoms with Crippen LogP contribution >= 0.6 is 0 Å². The molecule has 0 radical (unpaired) electrons. The third kappa shape index (κ3) is 5.69. The van der Waals surface area contributed by atoms with Crippen LogP contribution in [0.5, 0.6) is 0 Å². The van der Waals surface area contributed by atoms with Crippen LogP contribution in [0.4, 0.5) is 21.9 Å². The summed E-state index contributed by atoms with van der Waals surface area (Å²) < 4.78 is 0. The molecule has 7 nitrogen and oxygen atoms in total. The molecule has 35 heavy (non-hydrogen) atoms. The van der Waals surface area contributed by atoms with Gasteiger partial charge in [0.15, 0.2) is 0 Å². The molecule has 1 aliphatic heterocycles. The number of carboxylic acids is 1. The second-order valence-electron chi connectivity index (χ2n) is 8.88. The zero-order valence-corrected chi connectivity index (χ0v) is 19.9. The number of para-hydroxylation sites is 1. The predicted octanol–water partition coefficient (Wildman–Crippen LogP) is 5.06. The number of likely N-dealkylation sites (N-methyl/N-ethyl adjacent to an activating group) is 1. The Morgan fingerprint density at radius 1 is 1.00 bits per heavy atom. The van der Waals surface area contributed by atoms with Gasteiger partial charge in [0.2, 0.25) is 5.91 Å². The van der Waals surface area contributed by atoms with Gasteiger partial charge in [0, 0.05) is 30.7 Å². The van der Waals surface area contributed by atoms with Crippen LogP contribution in [0.1, 0.15) is 36.0 Å². The van der Waals surface area contributed by atoms with Gasteiger partial charge in [0.25, 0.3) is 0 Å². The Kier molecular flexibility index (Phi) is 7.15. The summed E-state index contributed by atoms with van der Waals surface area (Å²) in [5, 5.41) is 11.9. The molecule has 0 saturated heterocycles. The van der Waals surface area contributed by atoms with E-state index in [1.165, 1.54) is 5.56 Å². The highest BCUT2D eigenvalue weighted by molar-refractivity contribution is 6.03. The third-order valence-corrected chi connectivity index (χ3v) is 6.40. The van der Waals surface area contributed by atoms with E-state index in [4.69, 9.17) is 5.11 Å². The van der Waals surface area contributed by atoms with E-state index in [0.29, 0.717) is 12.2 Å². The fraction of sp³-hybridized carbons (Fsp3) is 0.250. The van der Waals surface area contributed by atoms with Crippen molar-refractivity contribution in [2.75, 3.05) is 28.7 Å². The van der Waals surface area contributed by atoms with E-state index < -0.39 is 5.97 Å². The van der Waals surface area contributed by atoms with Crippen molar-refractivity contribution in [3.05, 3.63) is 89.5 Å². The van der Waals surface area contributed by atoms with E-state index in [-0.39, 0.29) is 30.7 Å². The van der Waals surface area contributed by atoms with Crippen LogP contribution in [0, 0.1) is 0 Å². The highest BCUT2D eigenvalue weighted by Crippen LogP contribution is 2.28. The molecular formula is C28H29N3O4. The molecule has 0 fully saturated rings. The van der Waals surface area contributed by atoms with Crippen molar-refractivity contribution in [2.45, 2.75) is 32.1 Å². The van der Waals surface area contributed by atoms with Crippen LogP contribution in [0.25, 0.3) is 0 Å². The number of hydrogen-bond acceptors (Lipinski definition) is 3. The monoisotopic (exact) mass is 471 g/mol. The van der Waals surface area contributed by atoms with Gasteiger partial charge in [-0.2, -0.15) is 0 Å². The van der Waals surface area contributed by atoms with Gasteiger partial charge in [0.05, 0.1) is 12.8 Å². The number of nitrogens with zero attached hydrogens (tertiary/aromatic N) is 2. The number of hydrogen-bond donors (Lipinski definition) is 2. The summed E-state index contributed by atoms with van der Waals surface area (Å²) in [7, 11) is 1.72. The van der Waals surface area contributed by atoms with Crippen LogP contribution in [0.3, 0.4) is 0 Å². The molecule has 7 heteroatoms. The number of anilines is 3. The van der Waals surface area contributed by atoms with E-state index in [9.17, 15) is 14.4 Å². The number of nitrogens with one attached hydrogen (secondary N) is 1. The summed E-state index contributed by atoms with van der Waals surface area (Å²) in [6.07, 6.45) is 1.14. The van der Waals surface area contributed by atoms with E-state index in [2.05, 4.69) is 5.32 Å². The summed E-state index contributed by atoms with van der Waals surface area (Å²) in [6, 6.07) is 22.4. The lowest BCUT2D eigenvalue weighted by Crippen LogP contribution is -2.33. The number of fused-ring (bicyclic) bond motifs is 1. The molecule has 0 spiro atoms. The molecule has 0 saturated carbocycles. The largest absolute Gasteiger partial charge is 0.481 e. The minimum Gasteiger partial charge on any atom is -0.481 e. The van der Waals surface area contributed by atoms with Gasteiger partial charge in [-0.1, -0.05) is 49.4 Å². The van der Waals surface area contributed by atoms with E-state index >= 15 is 0 Å². The normalized spacial score (nSPS) is 13.1. The van der Waals surface area contributed by atoms with Gasteiger partial charge < -0.3 is 15.3 Å². The molecule has 180 valence electrons. The second-order valence-corrected chi connectivity index (χ2v) is 8.88. The van der Waals surface area contributed by atoms with Crippen LogP contribution in [0.15, 0.2) is 72.8 Å². The molecule has 3 aromatic rings. The van der Waals surface area contributed by atoms with Gasteiger partial charge in [-0.05, 0) is 59.4 Å². The van der Waals surface area contributed by atoms with Crippen molar-refractivity contribution in [1.29, 1.82) is 0 Å². The number of rotatable bonds is 7. The maximum absolute atomic E-state index is 12.8. The Morgan fingerprint density at radius 3 is 2.37 bits per heavy atom. The number of amides is 3. The summed E-state index contributed by atoms with van der Waals surface area (Å²) in [5.41, 5.74) is 5.31. The number of benzene rings is 3. The highest BCUT2D eigenvalue weighted by atomic mass is 16.4. The lowest BCUT2D eigenvalue weighted by molar-refractivity contribution is -0.137. The summed E-state index contributed by atoms with van der Waals surface area (Å²) in [6.45, 7) is 2.53. The molecule has 0 aliphatic carbocycles. The van der Waals surface area contributed by atoms with Gasteiger partial charge in [-0.25, -0.2) is 4.79 Å². The average Bonchev–Trinajstić information content (AvgIpc) is 3.29. The number of aliphatic carboxylic acids is 1. The number of carbonyl (C=O) groups excluding carboxylic acids is 2. The zero-order chi connectivity index (χ0) is 24.9. The fourth-order valence-corrected chi connectivity index (χ4v) is 4.29. The van der Waals surface area contributed by atoms with Crippen molar-refractivity contribution in [1.82, 2.24) is 0 Å². The first-order chi connectivity index (χ1) is 16.8. The Bertz CT molecular complexity index is 1220. The first-order valence-corrected chi connectivity index (χ1v) is 11.7. The third-order valence-electron chi connectivity index (χ3n) is 6.40. The van der Waals surface area contributed by atoms with Crippen molar-refractivity contribution < 1.29 is 19.5 Å². The Labute approximate surface area is 205 Å². The number of urea groups is 1. The molecule has 1 heterocycles. The maximum atomic E-state index is 12.8. The van der Waals surface area contributed by atoms with Gasteiger partial charge in [-0.3, -0.25) is 14.5 Å². The molecule has 1 unspecified atom stereocenters. The Hall–Kier alpha value is -4.13. The Balaban J connectivity index is 1.33. The van der Waals surface area contributed by atoms with Gasteiger partial charge >= 0.3 is 12.0 Å². The van der Waals surface area contributed by atoms with E-state index in [0.717, 1.165) is 28.9 Å². The Morgan fingerprint density at radius 2 is 1.69 bits per heavy atom. The molecule has 1 atom stereocenters. The SMILES string of the molecule is CC(CC(=O)O)c1ccc(N(C)C(=O)Cc2ccc(NC(=O)N3CCc4ccccc43)cc2)cc1. The number of carbonyl (C=O) groups is 3. The van der Waals surface area contributed by atoms with Gasteiger partial charge in [-0.15, -0.1) is 0 Å². The second kappa shape index (κ2) is 10.4. The topological polar surface area (TPSA) is 90.0 Å². The molecular weight excluding hydrogens is 442 g/mol. The highest BCUT2D eigenvalue weighted by Gasteiger charge is 2.24. The van der Waals surface area contributed by atoms with Crippen LogP contribution in [-0.2, 0) is 22.4 Å². The van der Waals surface area contributed by atoms with E-state index in [1.54, 1.807) is 29.0 Å². The van der Waals surface area contributed by atoms with Crippen LogP contribution < -0.4 is 15.1 Å². The maximum Gasteiger partial charge on any atom is 0.326 e. The van der Waals surface area contributed by atoms with Crippen molar-refractivity contribution >= 4 is 35.0 Å². The smallest absolute Gasteiger partial charge is 0.326 e. The molecule has 3 aromatic carbocycles. The lowest BCUT2D eigenvalue weighted by atomic mass is 9.97. The van der Waals surface area contributed by atoms with Gasteiger partial charge in [0.1, 0.15) is 0 Å². The van der Waals surface area contributed by atoms with Crippen LogP contribution in [0.2, 0.25) is 0 Å². The first kappa shape index (κ1) is 24.0. The average molecular weight is 472 g/mol. The standard InChI is InChI=1S/C28H29N3O4/c1-19(17-27(33)34)21-9-13-24(14-10-21)30(2)26(32)18-20-7-11-23(12-8-20)29-28(35)31-16-15-22-5-3-4-6-25(22)31/h3-14,19H,15-18H2,1-2H3,(H,29,35)(H,33,34). The molecule has 4 rings (SSSR count). The minimum atomic E-state index is -0.833. The number of carboxylic acid groups (broad SMARTS) is 1. The molecule has 0 bridgehead atoms.